The van der Waals surface area contributed by atoms with Crippen molar-refractivity contribution in [3.8, 4) is 11.5 Å². The number of ether oxygens (including phenoxy) is 2. The average molecular weight is 396 g/mol. The van der Waals surface area contributed by atoms with Crippen LogP contribution < -0.4 is 20.7 Å². The quantitative estimate of drug-likeness (QED) is 0.441. The minimum atomic E-state index is -0.619. The van der Waals surface area contributed by atoms with Gasteiger partial charge in [0.1, 0.15) is 11.5 Å². The lowest BCUT2D eigenvalue weighted by Crippen LogP contribution is -2.42. The van der Waals surface area contributed by atoms with E-state index in [1.165, 1.54) is 0 Å². The van der Waals surface area contributed by atoms with E-state index in [2.05, 4.69) is 37.3 Å². The van der Waals surface area contributed by atoms with Gasteiger partial charge in [-0.25, -0.2) is 5.84 Å². The predicted octanol–water partition coefficient (Wildman–Crippen LogP) is 2.76. The van der Waals surface area contributed by atoms with E-state index in [0.717, 1.165) is 10.9 Å². The van der Waals surface area contributed by atoms with Crippen molar-refractivity contribution in [3.63, 3.8) is 0 Å². The van der Waals surface area contributed by atoms with Crippen LogP contribution in [0.4, 0.5) is 0 Å². The normalized spacial score (nSPS) is 11.8. The van der Waals surface area contributed by atoms with Crippen molar-refractivity contribution < 1.29 is 14.3 Å². The van der Waals surface area contributed by atoms with E-state index in [-0.39, 0.29) is 5.91 Å². The molecular weight excluding hydrogens is 380 g/mol. The molecule has 1 aromatic rings. The summed E-state index contributed by atoms with van der Waals surface area (Å²) in [5, 5.41) is 0. The lowest BCUT2D eigenvalue weighted by molar-refractivity contribution is -0.128. The predicted molar refractivity (Wildman–Crippen MR) is 80.0 cm³/mol. The van der Waals surface area contributed by atoms with Gasteiger partial charge in [-0.15, -0.1) is 0 Å². The summed E-state index contributed by atoms with van der Waals surface area (Å²) >= 11 is 6.76. The van der Waals surface area contributed by atoms with Crippen LogP contribution >= 0.6 is 31.9 Å². The number of amides is 1. The number of benzene rings is 1. The van der Waals surface area contributed by atoms with Crippen LogP contribution in [0.1, 0.15) is 19.8 Å². The molecule has 0 bridgehead atoms. The highest BCUT2D eigenvalue weighted by Gasteiger charge is 2.20. The maximum absolute atomic E-state index is 11.6. The van der Waals surface area contributed by atoms with E-state index >= 15 is 0 Å². The van der Waals surface area contributed by atoms with Crippen LogP contribution in [-0.4, -0.2) is 19.1 Å². The number of hydrogen-bond donors (Lipinski definition) is 2. The minimum absolute atomic E-state index is 0.347. The number of nitrogens with two attached hydrogens (primary N) is 1. The molecule has 0 fully saturated rings. The van der Waals surface area contributed by atoms with Crippen molar-refractivity contribution in [2.45, 2.75) is 25.9 Å². The fourth-order valence-electron chi connectivity index (χ4n) is 1.51. The Labute approximate surface area is 129 Å². The van der Waals surface area contributed by atoms with Gasteiger partial charge in [0.05, 0.1) is 16.1 Å². The summed E-state index contributed by atoms with van der Waals surface area (Å²) in [6, 6.07) is 3.51. The summed E-state index contributed by atoms with van der Waals surface area (Å²) in [5.41, 5.74) is 2.11. The van der Waals surface area contributed by atoms with Crippen LogP contribution in [0.2, 0.25) is 0 Å². The van der Waals surface area contributed by atoms with Crippen LogP contribution in [-0.2, 0) is 4.79 Å². The van der Waals surface area contributed by atoms with E-state index in [0.29, 0.717) is 22.4 Å². The number of hydrogen-bond acceptors (Lipinski definition) is 4. The zero-order valence-electron chi connectivity index (χ0n) is 10.7. The van der Waals surface area contributed by atoms with Crippen molar-refractivity contribution in [2.75, 3.05) is 7.11 Å². The molecule has 1 rings (SSSR count). The molecule has 3 N–H and O–H groups in total. The van der Waals surface area contributed by atoms with Crippen molar-refractivity contribution in [2.24, 2.45) is 5.84 Å². The molecule has 1 unspecified atom stereocenters. The van der Waals surface area contributed by atoms with Crippen LogP contribution in [0, 0.1) is 0 Å². The molecule has 0 aliphatic carbocycles. The van der Waals surface area contributed by atoms with Gasteiger partial charge in [0, 0.05) is 0 Å². The van der Waals surface area contributed by atoms with Crippen LogP contribution in [0.3, 0.4) is 0 Å². The van der Waals surface area contributed by atoms with Crippen LogP contribution in [0.15, 0.2) is 21.1 Å². The Hall–Kier alpha value is -0.790. The molecule has 0 spiro atoms. The minimum Gasteiger partial charge on any atom is -0.496 e. The Kier molecular flexibility index (Phi) is 6.60. The first-order chi connectivity index (χ1) is 9.03. The van der Waals surface area contributed by atoms with Gasteiger partial charge in [0.2, 0.25) is 0 Å². The third kappa shape index (κ3) is 4.36. The number of rotatable bonds is 6. The Morgan fingerprint density at radius 2 is 1.95 bits per heavy atom. The molecule has 106 valence electrons. The molecule has 1 amide bonds. The summed E-state index contributed by atoms with van der Waals surface area (Å²) in [7, 11) is 1.58. The molecule has 19 heavy (non-hydrogen) atoms. The Bertz CT molecular complexity index is 455. The van der Waals surface area contributed by atoms with Gasteiger partial charge < -0.3 is 9.47 Å². The number of halogens is 2. The topological polar surface area (TPSA) is 73.6 Å². The third-order valence-corrected chi connectivity index (χ3v) is 3.70. The monoisotopic (exact) mass is 394 g/mol. The molecule has 5 nitrogen and oxygen atoms in total. The molecule has 1 atom stereocenters. The molecule has 0 saturated carbocycles. The number of carbonyl (C=O) groups is 1. The highest BCUT2D eigenvalue weighted by molar-refractivity contribution is 9.11. The van der Waals surface area contributed by atoms with E-state index < -0.39 is 6.10 Å². The average Bonchev–Trinajstić information content (AvgIpc) is 2.40. The molecule has 0 aliphatic heterocycles. The van der Waals surface area contributed by atoms with Crippen LogP contribution in [0.5, 0.6) is 11.5 Å². The van der Waals surface area contributed by atoms with E-state index in [1.807, 2.05) is 6.92 Å². The fraction of sp³-hybridized carbons (Fsp3) is 0.417. The Morgan fingerprint density at radius 1 is 1.37 bits per heavy atom. The summed E-state index contributed by atoms with van der Waals surface area (Å²) in [6.07, 6.45) is 0.776. The van der Waals surface area contributed by atoms with Crippen molar-refractivity contribution in [1.82, 2.24) is 5.43 Å². The first-order valence-corrected chi connectivity index (χ1v) is 7.32. The number of carbonyl (C=O) groups excluding carboxylic acids is 1. The Morgan fingerprint density at radius 3 is 2.47 bits per heavy atom. The van der Waals surface area contributed by atoms with Crippen molar-refractivity contribution in [3.05, 3.63) is 21.1 Å². The zero-order chi connectivity index (χ0) is 14.4. The standard InChI is InChI=1S/C12H16Br2N2O3/c1-3-4-9(12(17)16-15)19-11-6-7(13)10(18-2)5-8(11)14/h5-6,9H,3-4,15H2,1-2H3,(H,16,17). The van der Waals surface area contributed by atoms with Gasteiger partial charge in [0.15, 0.2) is 6.10 Å². The first kappa shape index (κ1) is 16.3. The van der Waals surface area contributed by atoms with Gasteiger partial charge in [-0.2, -0.15) is 0 Å². The fourth-order valence-corrected chi connectivity index (χ4v) is 2.41. The largest absolute Gasteiger partial charge is 0.496 e. The third-order valence-electron chi connectivity index (χ3n) is 2.46. The second kappa shape index (κ2) is 7.72. The zero-order valence-corrected chi connectivity index (χ0v) is 13.9. The molecule has 0 heterocycles. The molecular formula is C12H16Br2N2O3. The van der Waals surface area contributed by atoms with E-state index in [1.54, 1.807) is 19.2 Å². The number of methoxy groups -OCH3 is 1. The summed E-state index contributed by atoms with van der Waals surface area (Å²) < 4.78 is 12.3. The van der Waals surface area contributed by atoms with Crippen molar-refractivity contribution in [1.29, 1.82) is 0 Å². The van der Waals surface area contributed by atoms with E-state index in [9.17, 15) is 4.79 Å². The van der Waals surface area contributed by atoms with Crippen LogP contribution in [0.25, 0.3) is 0 Å². The highest BCUT2D eigenvalue weighted by Crippen LogP contribution is 2.36. The second-order valence-electron chi connectivity index (χ2n) is 3.82. The maximum Gasteiger partial charge on any atom is 0.274 e. The van der Waals surface area contributed by atoms with Crippen molar-refractivity contribution >= 4 is 37.8 Å². The number of nitrogens with one attached hydrogen (secondary N) is 1. The summed E-state index contributed by atoms with van der Waals surface area (Å²) in [4.78, 5) is 11.6. The molecule has 0 aromatic heterocycles. The maximum atomic E-state index is 11.6. The molecule has 0 aliphatic rings. The molecule has 0 saturated heterocycles. The SMILES string of the molecule is CCCC(Oc1cc(Br)c(OC)cc1Br)C(=O)NN. The van der Waals surface area contributed by atoms with Gasteiger partial charge in [0.25, 0.3) is 5.91 Å². The summed E-state index contributed by atoms with van der Waals surface area (Å²) in [5.74, 6) is 6.03. The molecule has 0 radical (unpaired) electrons. The van der Waals surface area contributed by atoms with Gasteiger partial charge in [-0.3, -0.25) is 10.2 Å². The summed E-state index contributed by atoms with van der Waals surface area (Å²) in [6.45, 7) is 1.97. The van der Waals surface area contributed by atoms with Gasteiger partial charge in [-0.05, 0) is 50.4 Å². The molecule has 7 heteroatoms. The smallest absolute Gasteiger partial charge is 0.274 e. The Balaban J connectivity index is 2.96. The first-order valence-electron chi connectivity index (χ1n) is 5.73. The number of hydrazine groups is 1. The van der Waals surface area contributed by atoms with Gasteiger partial charge >= 0.3 is 0 Å². The lowest BCUT2D eigenvalue weighted by Gasteiger charge is -2.18. The second-order valence-corrected chi connectivity index (χ2v) is 5.53. The lowest BCUT2D eigenvalue weighted by atomic mass is 10.2. The van der Waals surface area contributed by atoms with Gasteiger partial charge in [-0.1, -0.05) is 13.3 Å². The van der Waals surface area contributed by atoms with E-state index in [4.69, 9.17) is 15.3 Å². The molecule has 1 aromatic carbocycles. The highest BCUT2D eigenvalue weighted by atomic mass is 79.9.